The number of hydrogen-bond donors (Lipinski definition) is 1. The molecule has 1 heterocycles. The van der Waals surface area contributed by atoms with Crippen LogP contribution < -0.4 is 5.73 Å². The summed E-state index contributed by atoms with van der Waals surface area (Å²) < 4.78 is 18.3. The molecule has 0 saturated carbocycles. The Balaban J connectivity index is 1.92. The molecule has 2 aromatic carbocycles. The molecule has 3 nitrogen and oxygen atoms in total. The van der Waals surface area contributed by atoms with Gasteiger partial charge in [-0.05, 0) is 54.7 Å². The Hall–Kier alpha value is -2.33. The minimum atomic E-state index is -0.314. The molecular formula is C19H16ClFN2O. The number of benzene rings is 2. The zero-order valence-electron chi connectivity index (χ0n) is 13.1. The smallest absolute Gasteiger partial charge is 0.147 e. The normalized spacial score (nSPS) is 19.5. The molecule has 1 aliphatic rings. The number of nitrogens with two attached hydrogens (primary N) is 1. The van der Waals surface area contributed by atoms with E-state index in [4.69, 9.17) is 21.9 Å². The van der Waals surface area contributed by atoms with E-state index in [0.717, 1.165) is 35.2 Å². The molecule has 0 aliphatic heterocycles. The van der Waals surface area contributed by atoms with Crippen molar-refractivity contribution in [2.75, 3.05) is 5.73 Å². The standard InChI is InChI=1S/C19H16ClFN2O/c1-19(18-16(22)10-24-23-18)9-8-13-14(19)6-7-15(20)17(13)11-2-4-12(21)5-3-11/h2-7,10H,8-9,22H2,1H3. The number of hydrogen-bond acceptors (Lipinski definition) is 3. The van der Waals surface area contributed by atoms with E-state index >= 15 is 0 Å². The largest absolute Gasteiger partial charge is 0.395 e. The lowest BCUT2D eigenvalue weighted by Gasteiger charge is -2.24. The highest BCUT2D eigenvalue weighted by molar-refractivity contribution is 6.33. The maximum absolute atomic E-state index is 13.3. The molecule has 0 fully saturated rings. The first-order valence-electron chi connectivity index (χ1n) is 7.79. The zero-order valence-corrected chi connectivity index (χ0v) is 13.9. The average Bonchev–Trinajstić information content (AvgIpc) is 3.13. The van der Waals surface area contributed by atoms with Gasteiger partial charge in [-0.25, -0.2) is 4.39 Å². The van der Waals surface area contributed by atoms with E-state index in [9.17, 15) is 4.39 Å². The van der Waals surface area contributed by atoms with Gasteiger partial charge in [-0.1, -0.05) is 35.0 Å². The van der Waals surface area contributed by atoms with Crippen LogP contribution in [0.5, 0.6) is 0 Å². The highest BCUT2D eigenvalue weighted by Gasteiger charge is 2.41. The van der Waals surface area contributed by atoms with E-state index in [-0.39, 0.29) is 11.2 Å². The Morgan fingerprint density at radius 2 is 1.96 bits per heavy atom. The van der Waals surface area contributed by atoms with Crippen LogP contribution in [0.2, 0.25) is 5.02 Å². The summed E-state index contributed by atoms with van der Waals surface area (Å²) in [5.41, 5.74) is 11.2. The van der Waals surface area contributed by atoms with Crippen molar-refractivity contribution >= 4 is 17.3 Å². The molecule has 0 radical (unpaired) electrons. The quantitative estimate of drug-likeness (QED) is 0.715. The van der Waals surface area contributed by atoms with Crippen LogP contribution in [-0.2, 0) is 11.8 Å². The van der Waals surface area contributed by atoms with Crippen LogP contribution in [0.25, 0.3) is 11.1 Å². The number of nitrogen functional groups attached to an aromatic ring is 1. The minimum Gasteiger partial charge on any atom is -0.395 e. The maximum Gasteiger partial charge on any atom is 0.147 e. The average molecular weight is 343 g/mol. The predicted octanol–water partition coefficient (Wildman–Crippen LogP) is 4.97. The first-order valence-corrected chi connectivity index (χ1v) is 8.16. The summed E-state index contributed by atoms with van der Waals surface area (Å²) in [5, 5.41) is 4.79. The predicted molar refractivity (Wildman–Crippen MR) is 92.5 cm³/mol. The van der Waals surface area contributed by atoms with Crippen molar-refractivity contribution in [3.63, 3.8) is 0 Å². The van der Waals surface area contributed by atoms with Gasteiger partial charge < -0.3 is 10.3 Å². The van der Waals surface area contributed by atoms with Gasteiger partial charge in [0.2, 0.25) is 0 Å². The summed E-state index contributed by atoms with van der Waals surface area (Å²) in [6.45, 7) is 2.12. The summed E-state index contributed by atoms with van der Waals surface area (Å²) in [6, 6.07) is 10.3. The monoisotopic (exact) mass is 342 g/mol. The van der Waals surface area contributed by atoms with Crippen LogP contribution >= 0.6 is 11.6 Å². The van der Waals surface area contributed by atoms with Gasteiger partial charge in [0.1, 0.15) is 17.8 Å². The maximum atomic E-state index is 13.3. The second-order valence-corrected chi connectivity index (χ2v) is 6.81. The van der Waals surface area contributed by atoms with Gasteiger partial charge in [0.25, 0.3) is 0 Å². The van der Waals surface area contributed by atoms with Crippen LogP contribution in [0.15, 0.2) is 47.2 Å². The van der Waals surface area contributed by atoms with Crippen molar-refractivity contribution in [1.29, 1.82) is 0 Å². The van der Waals surface area contributed by atoms with Crippen LogP contribution in [-0.4, -0.2) is 5.16 Å². The fourth-order valence-corrected chi connectivity index (χ4v) is 4.03. The number of fused-ring (bicyclic) bond motifs is 1. The Bertz CT molecular complexity index is 920. The van der Waals surface area contributed by atoms with Crippen molar-refractivity contribution in [2.24, 2.45) is 0 Å². The van der Waals surface area contributed by atoms with Gasteiger partial charge in [-0.2, -0.15) is 0 Å². The third-order valence-corrected chi connectivity index (χ3v) is 5.30. The third-order valence-electron chi connectivity index (χ3n) is 4.98. The Morgan fingerprint density at radius 3 is 2.62 bits per heavy atom. The van der Waals surface area contributed by atoms with E-state index in [2.05, 4.69) is 12.1 Å². The first kappa shape index (κ1) is 15.2. The van der Waals surface area contributed by atoms with Gasteiger partial charge in [0.15, 0.2) is 0 Å². The molecule has 0 amide bonds. The lowest BCUT2D eigenvalue weighted by atomic mass is 9.79. The summed E-state index contributed by atoms with van der Waals surface area (Å²) in [6.07, 6.45) is 3.19. The zero-order chi connectivity index (χ0) is 16.9. The molecule has 1 aromatic heterocycles. The molecular weight excluding hydrogens is 327 g/mol. The fourth-order valence-electron chi connectivity index (χ4n) is 3.74. The van der Waals surface area contributed by atoms with Gasteiger partial charge in [-0.3, -0.25) is 0 Å². The van der Waals surface area contributed by atoms with Gasteiger partial charge in [-0.15, -0.1) is 0 Å². The summed E-state index contributed by atoms with van der Waals surface area (Å²) in [5.74, 6) is -0.261. The molecule has 0 bridgehead atoms. The fraction of sp³-hybridized carbons (Fsp3) is 0.211. The lowest BCUT2D eigenvalue weighted by molar-refractivity contribution is 0.392. The molecule has 24 heavy (non-hydrogen) atoms. The van der Waals surface area contributed by atoms with E-state index in [1.54, 1.807) is 12.1 Å². The van der Waals surface area contributed by atoms with Crippen LogP contribution in [0, 0.1) is 5.82 Å². The van der Waals surface area contributed by atoms with Crippen LogP contribution in [0.3, 0.4) is 0 Å². The Labute approximate surface area is 144 Å². The minimum absolute atomic E-state index is 0.261. The second kappa shape index (κ2) is 5.35. The third kappa shape index (κ3) is 2.13. The topological polar surface area (TPSA) is 52.0 Å². The summed E-state index contributed by atoms with van der Waals surface area (Å²) in [7, 11) is 0. The number of anilines is 1. The molecule has 0 saturated heterocycles. The number of aromatic nitrogens is 1. The van der Waals surface area contributed by atoms with E-state index in [0.29, 0.717) is 10.7 Å². The van der Waals surface area contributed by atoms with Gasteiger partial charge in [0, 0.05) is 16.0 Å². The van der Waals surface area contributed by atoms with Gasteiger partial charge in [0.05, 0.1) is 5.69 Å². The molecule has 3 aromatic rings. The SMILES string of the molecule is CC1(c2nocc2N)CCc2c1ccc(Cl)c2-c1ccc(F)cc1. The molecule has 2 N–H and O–H groups in total. The number of rotatable bonds is 2. The molecule has 1 aliphatic carbocycles. The van der Waals surface area contributed by atoms with Crippen molar-refractivity contribution in [2.45, 2.75) is 25.2 Å². The highest BCUT2D eigenvalue weighted by Crippen LogP contribution is 2.49. The highest BCUT2D eigenvalue weighted by atomic mass is 35.5. The van der Waals surface area contributed by atoms with Crippen LogP contribution in [0.1, 0.15) is 30.2 Å². The molecule has 1 atom stereocenters. The molecule has 4 rings (SSSR count). The van der Waals surface area contributed by atoms with Crippen LogP contribution in [0.4, 0.5) is 10.1 Å². The lowest BCUT2D eigenvalue weighted by Crippen LogP contribution is -2.22. The Kier molecular flexibility index (Phi) is 3.39. The Morgan fingerprint density at radius 1 is 1.21 bits per heavy atom. The van der Waals surface area contributed by atoms with Crippen molar-refractivity contribution < 1.29 is 8.91 Å². The molecule has 0 spiro atoms. The van der Waals surface area contributed by atoms with Crippen molar-refractivity contribution in [3.8, 4) is 11.1 Å². The molecule has 1 unspecified atom stereocenters. The summed E-state index contributed by atoms with van der Waals surface area (Å²) >= 11 is 6.48. The van der Waals surface area contributed by atoms with E-state index in [1.165, 1.54) is 24.0 Å². The molecule has 122 valence electrons. The molecule has 5 heteroatoms. The number of halogens is 2. The van der Waals surface area contributed by atoms with E-state index in [1.807, 2.05) is 12.1 Å². The number of nitrogens with zero attached hydrogens (tertiary/aromatic N) is 1. The second-order valence-electron chi connectivity index (χ2n) is 6.41. The van der Waals surface area contributed by atoms with E-state index < -0.39 is 0 Å². The summed E-state index contributed by atoms with van der Waals surface area (Å²) in [4.78, 5) is 0. The first-order chi connectivity index (χ1) is 11.5. The van der Waals surface area contributed by atoms with Gasteiger partial charge >= 0.3 is 0 Å². The van der Waals surface area contributed by atoms with Crippen molar-refractivity contribution in [3.05, 3.63) is 70.3 Å². The van der Waals surface area contributed by atoms with Crippen molar-refractivity contribution in [1.82, 2.24) is 5.16 Å².